The van der Waals surface area contributed by atoms with Crippen molar-refractivity contribution in [2.75, 3.05) is 6.54 Å². The van der Waals surface area contributed by atoms with Gasteiger partial charge < -0.3 is 9.42 Å². The van der Waals surface area contributed by atoms with E-state index in [1.807, 2.05) is 58.9 Å². The molecule has 5 rings (SSSR count). The lowest BCUT2D eigenvalue weighted by atomic mass is 10.1. The smallest absolute Gasteiger partial charge is 0.256 e. The number of imidazole rings is 1. The van der Waals surface area contributed by atoms with E-state index in [9.17, 15) is 4.79 Å². The first-order chi connectivity index (χ1) is 13.7. The molecule has 3 aromatic heterocycles. The number of carbonyl (C=O) groups excluding carboxylic acids is 1. The van der Waals surface area contributed by atoms with Crippen LogP contribution in [0.15, 0.2) is 59.5 Å². The van der Waals surface area contributed by atoms with Gasteiger partial charge in [0.15, 0.2) is 5.65 Å². The fourth-order valence-corrected chi connectivity index (χ4v) is 3.82. The van der Waals surface area contributed by atoms with E-state index in [0.717, 1.165) is 35.6 Å². The molecular formula is C21H19N5O2. The number of pyridine rings is 1. The first kappa shape index (κ1) is 16.7. The highest BCUT2D eigenvalue weighted by Gasteiger charge is 2.33. The summed E-state index contributed by atoms with van der Waals surface area (Å²) in [6, 6.07) is 13.6. The summed E-state index contributed by atoms with van der Waals surface area (Å²) in [6.07, 6.45) is 5.20. The number of rotatable bonds is 3. The lowest BCUT2D eigenvalue weighted by Crippen LogP contribution is -2.30. The average molecular weight is 373 g/mol. The van der Waals surface area contributed by atoms with Gasteiger partial charge in [-0.2, -0.15) is 0 Å². The van der Waals surface area contributed by atoms with Gasteiger partial charge in [0.2, 0.25) is 0 Å². The van der Waals surface area contributed by atoms with Crippen LogP contribution >= 0.6 is 0 Å². The Hall–Kier alpha value is -3.48. The maximum Gasteiger partial charge on any atom is 0.256 e. The van der Waals surface area contributed by atoms with E-state index >= 15 is 0 Å². The van der Waals surface area contributed by atoms with Gasteiger partial charge in [0.1, 0.15) is 23.3 Å². The van der Waals surface area contributed by atoms with Crippen molar-refractivity contribution >= 4 is 17.1 Å². The van der Waals surface area contributed by atoms with Crippen LogP contribution in [0.3, 0.4) is 0 Å². The zero-order chi connectivity index (χ0) is 19.1. The molecule has 1 aliphatic heterocycles. The van der Waals surface area contributed by atoms with Crippen LogP contribution in [0.1, 0.15) is 40.7 Å². The molecule has 4 aromatic rings. The van der Waals surface area contributed by atoms with Crippen LogP contribution in [0.4, 0.5) is 0 Å². The summed E-state index contributed by atoms with van der Waals surface area (Å²) >= 11 is 0. The Morgan fingerprint density at radius 1 is 1.18 bits per heavy atom. The van der Waals surface area contributed by atoms with E-state index in [-0.39, 0.29) is 11.9 Å². The van der Waals surface area contributed by atoms with E-state index in [1.165, 1.54) is 0 Å². The zero-order valence-corrected chi connectivity index (χ0v) is 15.4. The fraction of sp³-hybridized carbons (Fsp3) is 0.238. The Balaban J connectivity index is 1.47. The number of hydrogen-bond donors (Lipinski definition) is 0. The standard InChI is InChI=1S/C21H19N5O2/c1-14-10-17(24-28-14)19-8-5-9-25(19)21(27)15-11-18-20(22-12-15)26(13-23-18)16-6-3-2-4-7-16/h2-4,6-7,10-13,19H,5,8-9H2,1H3. The minimum atomic E-state index is -0.0532. The molecule has 7 nitrogen and oxygen atoms in total. The molecular weight excluding hydrogens is 354 g/mol. The van der Waals surface area contributed by atoms with Gasteiger partial charge in [-0.05, 0) is 38.0 Å². The SMILES string of the molecule is Cc1cc(C2CCCN2C(=O)c2cnc3c(c2)ncn3-c2ccccc2)no1. The van der Waals surface area contributed by atoms with Crippen molar-refractivity contribution in [1.29, 1.82) is 0 Å². The van der Waals surface area contributed by atoms with Crippen molar-refractivity contribution in [3.63, 3.8) is 0 Å². The molecule has 0 spiro atoms. The van der Waals surface area contributed by atoms with E-state index < -0.39 is 0 Å². The molecule has 1 amide bonds. The normalized spacial score (nSPS) is 16.8. The number of fused-ring (bicyclic) bond motifs is 1. The van der Waals surface area contributed by atoms with E-state index in [0.29, 0.717) is 17.6 Å². The second-order valence-corrected chi connectivity index (χ2v) is 7.04. The van der Waals surface area contributed by atoms with Crippen molar-refractivity contribution in [3.05, 3.63) is 72.0 Å². The van der Waals surface area contributed by atoms with E-state index in [2.05, 4.69) is 15.1 Å². The molecule has 0 radical (unpaired) electrons. The largest absolute Gasteiger partial charge is 0.361 e. The van der Waals surface area contributed by atoms with Crippen LogP contribution in [-0.4, -0.2) is 37.0 Å². The number of carbonyl (C=O) groups is 1. The second-order valence-electron chi connectivity index (χ2n) is 7.04. The number of aryl methyl sites for hydroxylation is 1. The highest BCUT2D eigenvalue weighted by molar-refractivity contribution is 5.96. The summed E-state index contributed by atoms with van der Waals surface area (Å²) in [7, 11) is 0. The highest BCUT2D eigenvalue weighted by atomic mass is 16.5. The molecule has 1 atom stereocenters. The number of benzene rings is 1. The molecule has 28 heavy (non-hydrogen) atoms. The molecule has 0 bridgehead atoms. The third-order valence-electron chi connectivity index (χ3n) is 5.17. The van der Waals surface area contributed by atoms with Crippen molar-refractivity contribution in [1.82, 2.24) is 24.6 Å². The molecule has 1 saturated heterocycles. The van der Waals surface area contributed by atoms with Crippen LogP contribution in [-0.2, 0) is 0 Å². The lowest BCUT2D eigenvalue weighted by Gasteiger charge is -2.22. The Kier molecular flexibility index (Phi) is 3.93. The summed E-state index contributed by atoms with van der Waals surface area (Å²) < 4.78 is 7.12. The van der Waals surface area contributed by atoms with Crippen molar-refractivity contribution < 1.29 is 9.32 Å². The molecule has 1 aliphatic rings. The Morgan fingerprint density at radius 3 is 2.82 bits per heavy atom. The Labute approximate surface area is 161 Å². The predicted molar refractivity (Wildman–Crippen MR) is 103 cm³/mol. The first-order valence-corrected chi connectivity index (χ1v) is 9.33. The van der Waals surface area contributed by atoms with Gasteiger partial charge in [0.05, 0.1) is 11.6 Å². The van der Waals surface area contributed by atoms with Crippen molar-refractivity contribution in [2.24, 2.45) is 0 Å². The Bertz CT molecular complexity index is 1150. The number of aromatic nitrogens is 4. The molecule has 4 heterocycles. The number of likely N-dealkylation sites (tertiary alicyclic amines) is 1. The maximum absolute atomic E-state index is 13.2. The summed E-state index contributed by atoms with van der Waals surface area (Å²) in [5, 5.41) is 4.11. The molecule has 0 N–H and O–H groups in total. The Morgan fingerprint density at radius 2 is 2.04 bits per heavy atom. The monoisotopic (exact) mass is 373 g/mol. The van der Waals surface area contributed by atoms with Crippen molar-refractivity contribution in [3.8, 4) is 5.69 Å². The minimum absolute atomic E-state index is 0.0492. The van der Waals surface area contributed by atoms with Crippen LogP contribution in [0.2, 0.25) is 0 Å². The molecule has 0 saturated carbocycles. The van der Waals surface area contributed by atoms with Crippen LogP contribution in [0.25, 0.3) is 16.9 Å². The lowest BCUT2D eigenvalue weighted by molar-refractivity contribution is 0.0730. The number of para-hydroxylation sites is 1. The summed E-state index contributed by atoms with van der Waals surface area (Å²) in [5.41, 5.74) is 3.76. The van der Waals surface area contributed by atoms with Gasteiger partial charge in [-0.1, -0.05) is 23.4 Å². The molecule has 140 valence electrons. The van der Waals surface area contributed by atoms with Crippen molar-refractivity contribution in [2.45, 2.75) is 25.8 Å². The molecule has 1 unspecified atom stereocenters. The van der Waals surface area contributed by atoms with Gasteiger partial charge in [-0.3, -0.25) is 9.36 Å². The van der Waals surface area contributed by atoms with Gasteiger partial charge in [0, 0.05) is 24.5 Å². The van der Waals surface area contributed by atoms with Gasteiger partial charge in [0.25, 0.3) is 5.91 Å². The van der Waals surface area contributed by atoms with Gasteiger partial charge >= 0.3 is 0 Å². The van der Waals surface area contributed by atoms with Crippen LogP contribution in [0, 0.1) is 6.92 Å². The highest BCUT2D eigenvalue weighted by Crippen LogP contribution is 2.33. The van der Waals surface area contributed by atoms with E-state index in [1.54, 1.807) is 12.5 Å². The van der Waals surface area contributed by atoms with Gasteiger partial charge in [-0.25, -0.2) is 9.97 Å². The maximum atomic E-state index is 13.2. The predicted octanol–water partition coefficient (Wildman–Crippen LogP) is 3.69. The third kappa shape index (κ3) is 2.76. The molecule has 0 aliphatic carbocycles. The van der Waals surface area contributed by atoms with Crippen LogP contribution < -0.4 is 0 Å². The molecule has 1 aromatic carbocycles. The summed E-state index contributed by atoms with van der Waals surface area (Å²) in [5.74, 6) is 0.704. The first-order valence-electron chi connectivity index (χ1n) is 9.33. The third-order valence-corrected chi connectivity index (χ3v) is 5.17. The quantitative estimate of drug-likeness (QED) is 0.547. The zero-order valence-electron chi connectivity index (χ0n) is 15.4. The van der Waals surface area contributed by atoms with Crippen LogP contribution in [0.5, 0.6) is 0 Å². The van der Waals surface area contributed by atoms with Gasteiger partial charge in [-0.15, -0.1) is 0 Å². The summed E-state index contributed by atoms with van der Waals surface area (Å²) in [6.45, 7) is 2.56. The number of hydrogen-bond acceptors (Lipinski definition) is 5. The average Bonchev–Trinajstić information content (AvgIpc) is 3.46. The number of amides is 1. The minimum Gasteiger partial charge on any atom is -0.361 e. The second kappa shape index (κ2) is 6.60. The number of nitrogens with zero attached hydrogens (tertiary/aromatic N) is 5. The molecule has 1 fully saturated rings. The topological polar surface area (TPSA) is 77.1 Å². The molecule has 7 heteroatoms. The van der Waals surface area contributed by atoms with E-state index in [4.69, 9.17) is 4.52 Å². The summed E-state index contributed by atoms with van der Waals surface area (Å²) in [4.78, 5) is 24.0. The fourth-order valence-electron chi connectivity index (χ4n) is 3.82.